The number of carbonyl (C=O) groups is 4. The van der Waals surface area contributed by atoms with E-state index in [1.165, 1.54) is 19.1 Å². The Morgan fingerprint density at radius 3 is 1.45 bits per heavy atom. The van der Waals surface area contributed by atoms with Crippen molar-refractivity contribution in [2.24, 2.45) is 0 Å². The van der Waals surface area contributed by atoms with E-state index in [1.807, 2.05) is 109 Å². The van der Waals surface area contributed by atoms with Gasteiger partial charge in [0.25, 0.3) is 10.1 Å². The van der Waals surface area contributed by atoms with Gasteiger partial charge in [-0.3, -0.25) is 14.0 Å². The molecule has 2 aliphatic rings. The first-order chi connectivity index (χ1) is 34.4. The lowest BCUT2D eigenvalue weighted by Crippen LogP contribution is -2.44. The quantitative estimate of drug-likeness (QED) is 0.0808. The number of likely N-dealkylation sites (tertiary alicyclic amines) is 2. The van der Waals surface area contributed by atoms with Crippen LogP contribution in [0.25, 0.3) is 45.0 Å². The lowest BCUT2D eigenvalue weighted by Gasteiger charge is -2.27. The number of carbonyl (C=O) groups excluding carboxylic acids is 4. The second-order valence-electron chi connectivity index (χ2n) is 18.9. The molecule has 2 saturated heterocycles. The number of amides is 2. The van der Waals surface area contributed by atoms with E-state index < -0.39 is 63.6 Å². The summed E-state index contributed by atoms with van der Waals surface area (Å²) in [5.41, 5.74) is 5.69. The highest BCUT2D eigenvalue weighted by molar-refractivity contribution is 9.10. The average molecular weight is 1150 g/mol. The van der Waals surface area contributed by atoms with Crippen molar-refractivity contribution in [2.45, 2.75) is 89.8 Å². The predicted molar refractivity (Wildman–Crippen MR) is 279 cm³/mol. The molecule has 73 heavy (non-hydrogen) atoms. The standard InChI is InChI=1S/C25H27BrN4O4.C14H10BrN3.C12H21NO7S/c1-25(2,3)34-24(32)29-15-19(14-20(29)23(31)33-4)30-27-21(16-9-6-5-7-10-16)22(28-30)17-11-8-12-18(26)13-17;15-12-8-4-7-11(9-12)14-13(16-18-17-14)10-5-2-1-3-6-10;1-12(2,3)19-11(15)13-7-8(20-21(5,16)17)6-9(13)10(14)18-4/h5-13,19-20H,14-15H2,1-4H3;1-9H,(H,16,17,18);8-9H,6-7H2,1-5H3/t19-,20+;;8-,9-/m1.0/s1. The van der Waals surface area contributed by atoms with Gasteiger partial charge in [-0.25, -0.2) is 19.2 Å². The zero-order valence-electron chi connectivity index (χ0n) is 41.8. The predicted octanol–water partition coefficient (Wildman–Crippen LogP) is 9.51. The third kappa shape index (κ3) is 15.5. The molecule has 388 valence electrons. The molecule has 4 atom stereocenters. The van der Waals surface area contributed by atoms with Crippen molar-refractivity contribution >= 4 is 66.1 Å². The van der Waals surface area contributed by atoms with E-state index >= 15 is 0 Å². The van der Waals surface area contributed by atoms with Crippen molar-refractivity contribution in [3.63, 3.8) is 0 Å². The summed E-state index contributed by atoms with van der Waals surface area (Å²) in [5, 5.41) is 20.8. The van der Waals surface area contributed by atoms with Gasteiger partial charge in [0.15, 0.2) is 0 Å². The van der Waals surface area contributed by atoms with Gasteiger partial charge in [0.1, 0.15) is 46.1 Å². The maximum atomic E-state index is 12.9. The Kier molecular flexibility index (Phi) is 18.4. The minimum atomic E-state index is -3.68. The lowest BCUT2D eigenvalue weighted by atomic mass is 10.1. The molecule has 1 N–H and O–H groups in total. The summed E-state index contributed by atoms with van der Waals surface area (Å²) >= 11 is 7.00. The second-order valence-corrected chi connectivity index (χ2v) is 22.3. The highest BCUT2D eigenvalue weighted by atomic mass is 79.9. The molecule has 6 aromatic rings. The normalized spacial score (nSPS) is 17.6. The van der Waals surface area contributed by atoms with E-state index in [1.54, 1.807) is 46.3 Å². The number of methoxy groups -OCH3 is 2. The van der Waals surface area contributed by atoms with Crippen LogP contribution in [0.15, 0.2) is 118 Å². The van der Waals surface area contributed by atoms with Gasteiger partial charge in [0.2, 0.25) is 0 Å². The molecule has 22 heteroatoms. The van der Waals surface area contributed by atoms with E-state index in [0.717, 1.165) is 65.1 Å². The number of nitrogens with one attached hydrogen (secondary N) is 1. The van der Waals surface area contributed by atoms with Gasteiger partial charge < -0.3 is 18.9 Å². The highest BCUT2D eigenvalue weighted by Crippen LogP contribution is 2.35. The number of aromatic nitrogens is 6. The van der Waals surface area contributed by atoms with Crippen molar-refractivity contribution in [3.8, 4) is 45.0 Å². The number of ether oxygens (including phenoxy) is 4. The number of rotatable bonds is 9. The molecule has 2 aliphatic heterocycles. The molecule has 19 nitrogen and oxygen atoms in total. The average Bonchev–Trinajstić information content (AvgIpc) is 4.17. The number of aromatic amines is 1. The van der Waals surface area contributed by atoms with Crippen molar-refractivity contribution < 1.29 is 50.7 Å². The van der Waals surface area contributed by atoms with E-state index in [4.69, 9.17) is 28.6 Å². The number of hydrogen-bond acceptors (Lipinski definition) is 15. The summed E-state index contributed by atoms with van der Waals surface area (Å²) in [6, 6.07) is 33.7. The van der Waals surface area contributed by atoms with Crippen molar-refractivity contribution in [1.29, 1.82) is 0 Å². The van der Waals surface area contributed by atoms with Crippen LogP contribution in [0.3, 0.4) is 0 Å². The fourth-order valence-corrected chi connectivity index (χ4v) is 9.26. The largest absolute Gasteiger partial charge is 0.467 e. The summed E-state index contributed by atoms with van der Waals surface area (Å²) in [4.78, 5) is 53.3. The first-order valence-electron chi connectivity index (χ1n) is 23.0. The van der Waals surface area contributed by atoms with Crippen LogP contribution >= 0.6 is 31.9 Å². The molecule has 0 aliphatic carbocycles. The molecule has 0 radical (unpaired) electrons. The minimum Gasteiger partial charge on any atom is -0.467 e. The summed E-state index contributed by atoms with van der Waals surface area (Å²) in [5.74, 6) is -1.13. The number of esters is 2. The van der Waals surface area contributed by atoms with Crippen LogP contribution in [-0.2, 0) is 42.8 Å². The Morgan fingerprint density at radius 1 is 0.589 bits per heavy atom. The topological polar surface area (TPSA) is 227 Å². The van der Waals surface area contributed by atoms with Crippen LogP contribution in [0.2, 0.25) is 0 Å². The Hall–Kier alpha value is -6.49. The fraction of sp³-hybridized carbons (Fsp3) is 0.373. The fourth-order valence-electron chi connectivity index (χ4n) is 7.83. The van der Waals surface area contributed by atoms with Gasteiger partial charge in [-0.15, -0.1) is 0 Å². The summed E-state index contributed by atoms with van der Waals surface area (Å²) in [6.45, 7) is 10.6. The van der Waals surface area contributed by atoms with E-state index in [0.29, 0.717) is 6.42 Å². The van der Waals surface area contributed by atoms with E-state index in [-0.39, 0.29) is 25.6 Å². The molecular formula is C51H58Br2N8O11S. The molecule has 0 unspecified atom stereocenters. The first-order valence-corrected chi connectivity index (χ1v) is 26.4. The number of hydrogen-bond donors (Lipinski definition) is 1. The maximum Gasteiger partial charge on any atom is 0.411 e. The molecule has 0 bridgehead atoms. The van der Waals surface area contributed by atoms with E-state index in [2.05, 4.69) is 52.0 Å². The summed E-state index contributed by atoms with van der Waals surface area (Å²) in [7, 11) is -1.17. The number of halogens is 2. The third-order valence-electron chi connectivity index (χ3n) is 10.8. The number of benzene rings is 4. The van der Waals surface area contributed by atoms with Gasteiger partial charge in [-0.2, -0.15) is 38.8 Å². The summed E-state index contributed by atoms with van der Waals surface area (Å²) < 4.78 is 49.5. The molecular weight excluding hydrogens is 1090 g/mol. The molecule has 8 rings (SSSR count). The molecule has 2 fully saturated rings. The van der Waals surface area contributed by atoms with Crippen molar-refractivity contribution in [3.05, 3.63) is 118 Å². The molecule has 2 aromatic heterocycles. The van der Waals surface area contributed by atoms with Crippen LogP contribution < -0.4 is 0 Å². The van der Waals surface area contributed by atoms with Crippen LogP contribution in [-0.4, -0.2) is 136 Å². The van der Waals surface area contributed by atoms with Crippen LogP contribution in [0.1, 0.15) is 60.4 Å². The third-order valence-corrected chi connectivity index (χ3v) is 12.5. The van der Waals surface area contributed by atoms with Gasteiger partial charge in [0.05, 0.1) is 39.2 Å². The van der Waals surface area contributed by atoms with Gasteiger partial charge in [-0.05, 0) is 65.8 Å². The second kappa shape index (κ2) is 24.0. The number of nitrogens with zero attached hydrogens (tertiary/aromatic N) is 7. The highest BCUT2D eigenvalue weighted by Gasteiger charge is 2.45. The molecule has 0 spiro atoms. The van der Waals surface area contributed by atoms with Crippen molar-refractivity contribution in [2.75, 3.05) is 33.6 Å². The lowest BCUT2D eigenvalue weighted by molar-refractivity contribution is -0.146. The van der Waals surface area contributed by atoms with Crippen LogP contribution in [0, 0.1) is 0 Å². The first kappa shape index (κ1) is 55.8. The van der Waals surface area contributed by atoms with Gasteiger partial charge in [0, 0.05) is 50.6 Å². The molecule has 0 saturated carbocycles. The number of H-pyrrole nitrogens is 1. The van der Waals surface area contributed by atoms with Crippen LogP contribution in [0.5, 0.6) is 0 Å². The maximum absolute atomic E-state index is 12.9. The van der Waals surface area contributed by atoms with Gasteiger partial charge >= 0.3 is 24.1 Å². The molecule has 2 amide bonds. The minimum absolute atomic E-state index is 0.0407. The molecule has 4 heterocycles. The SMILES string of the molecule is Brc1cccc(-c2n[nH]nc2-c2ccccc2)c1.COC(=O)[C@@H]1C[C@@H](n2nc(-c3ccccc3)c(-c3cccc(Br)c3)n2)CN1C(=O)OC(C)(C)C.COC(=O)[C@@H]1C[C@H](OS(C)(=O)=O)CN1C(=O)OC(C)(C)C. The van der Waals surface area contributed by atoms with E-state index in [9.17, 15) is 27.6 Å². The Balaban J connectivity index is 0.000000191. The Labute approximate surface area is 441 Å². The summed E-state index contributed by atoms with van der Waals surface area (Å²) in [6.07, 6.45) is -0.788. The van der Waals surface area contributed by atoms with Crippen molar-refractivity contribution in [1.82, 2.24) is 40.2 Å². The Morgan fingerprint density at radius 2 is 1.00 bits per heavy atom. The monoisotopic (exact) mass is 1150 g/mol. The Bertz CT molecular complexity index is 2980. The molecule has 4 aromatic carbocycles. The van der Waals surface area contributed by atoms with Gasteiger partial charge in [-0.1, -0.05) is 117 Å². The zero-order valence-corrected chi connectivity index (χ0v) is 45.8. The van der Waals surface area contributed by atoms with Crippen LogP contribution in [0.4, 0.5) is 9.59 Å². The zero-order chi connectivity index (χ0) is 53.3. The smallest absolute Gasteiger partial charge is 0.411 e.